The van der Waals surface area contributed by atoms with Crippen molar-refractivity contribution in [1.29, 1.82) is 0 Å². The van der Waals surface area contributed by atoms with Crippen molar-refractivity contribution in [1.82, 2.24) is 4.90 Å². The standard InChI is InChI=1S/C17H26N2OS/c1-13(14-4-6-15(18)7-5-14)12-16(20)19-9-8-17(2,3)21-11-10-19/h4-7,13H,8-12,18H2,1-3H3. The molecule has 0 aliphatic carbocycles. The van der Waals surface area contributed by atoms with Gasteiger partial charge in [-0.1, -0.05) is 32.9 Å². The molecule has 1 aliphatic heterocycles. The molecule has 0 bridgehead atoms. The molecule has 1 unspecified atom stereocenters. The monoisotopic (exact) mass is 306 g/mol. The summed E-state index contributed by atoms with van der Waals surface area (Å²) in [6.45, 7) is 8.40. The van der Waals surface area contributed by atoms with Crippen LogP contribution in [0.15, 0.2) is 24.3 Å². The third kappa shape index (κ3) is 4.67. The highest BCUT2D eigenvalue weighted by Gasteiger charge is 2.26. The van der Waals surface area contributed by atoms with Gasteiger partial charge in [0.2, 0.25) is 5.91 Å². The lowest BCUT2D eigenvalue weighted by atomic mass is 9.97. The van der Waals surface area contributed by atoms with Crippen molar-refractivity contribution in [3.8, 4) is 0 Å². The van der Waals surface area contributed by atoms with Crippen molar-refractivity contribution in [3.05, 3.63) is 29.8 Å². The fourth-order valence-electron chi connectivity index (χ4n) is 2.60. The Morgan fingerprint density at radius 3 is 2.67 bits per heavy atom. The fourth-order valence-corrected chi connectivity index (χ4v) is 3.70. The van der Waals surface area contributed by atoms with E-state index >= 15 is 0 Å². The zero-order chi connectivity index (χ0) is 15.5. The van der Waals surface area contributed by atoms with Gasteiger partial charge in [0.1, 0.15) is 0 Å². The zero-order valence-corrected chi connectivity index (χ0v) is 14.1. The van der Waals surface area contributed by atoms with E-state index in [1.54, 1.807) is 0 Å². The van der Waals surface area contributed by atoms with E-state index in [1.807, 2.05) is 40.9 Å². The lowest BCUT2D eigenvalue weighted by Crippen LogP contribution is -2.34. The molecule has 2 rings (SSSR count). The van der Waals surface area contributed by atoms with Crippen LogP contribution in [-0.2, 0) is 4.79 Å². The molecule has 1 aromatic rings. The smallest absolute Gasteiger partial charge is 0.223 e. The van der Waals surface area contributed by atoms with Crippen LogP contribution in [0.5, 0.6) is 0 Å². The second-order valence-electron chi connectivity index (χ2n) is 6.51. The van der Waals surface area contributed by atoms with Gasteiger partial charge in [-0.25, -0.2) is 0 Å². The van der Waals surface area contributed by atoms with E-state index in [-0.39, 0.29) is 16.6 Å². The number of nitrogen functional groups attached to an aromatic ring is 1. The van der Waals surface area contributed by atoms with Crippen LogP contribution in [0.25, 0.3) is 0 Å². The van der Waals surface area contributed by atoms with Gasteiger partial charge in [-0.3, -0.25) is 4.79 Å². The van der Waals surface area contributed by atoms with Crippen molar-refractivity contribution in [2.75, 3.05) is 24.6 Å². The number of anilines is 1. The predicted octanol–water partition coefficient (Wildman–Crippen LogP) is 3.51. The highest BCUT2D eigenvalue weighted by atomic mass is 32.2. The van der Waals surface area contributed by atoms with E-state index in [4.69, 9.17) is 5.73 Å². The van der Waals surface area contributed by atoms with Crippen LogP contribution >= 0.6 is 11.8 Å². The molecule has 0 aromatic heterocycles. The lowest BCUT2D eigenvalue weighted by molar-refractivity contribution is -0.131. The van der Waals surface area contributed by atoms with Crippen molar-refractivity contribution in [2.45, 2.75) is 44.3 Å². The number of benzene rings is 1. The van der Waals surface area contributed by atoms with E-state index in [9.17, 15) is 4.79 Å². The molecule has 4 heteroatoms. The largest absolute Gasteiger partial charge is 0.399 e. The summed E-state index contributed by atoms with van der Waals surface area (Å²) in [4.78, 5) is 14.5. The summed E-state index contributed by atoms with van der Waals surface area (Å²) in [5, 5.41) is 0. The quantitative estimate of drug-likeness (QED) is 0.869. The van der Waals surface area contributed by atoms with Gasteiger partial charge in [0.25, 0.3) is 0 Å². The first-order valence-electron chi connectivity index (χ1n) is 7.64. The third-order valence-electron chi connectivity index (χ3n) is 4.18. The Morgan fingerprint density at radius 1 is 1.33 bits per heavy atom. The second kappa shape index (κ2) is 6.73. The summed E-state index contributed by atoms with van der Waals surface area (Å²) < 4.78 is 0.289. The Bertz CT molecular complexity index is 484. The number of carbonyl (C=O) groups excluding carboxylic acids is 1. The summed E-state index contributed by atoms with van der Waals surface area (Å²) in [5.41, 5.74) is 7.66. The van der Waals surface area contributed by atoms with E-state index < -0.39 is 0 Å². The van der Waals surface area contributed by atoms with Gasteiger partial charge < -0.3 is 10.6 Å². The van der Waals surface area contributed by atoms with Crippen LogP contribution in [0.4, 0.5) is 5.69 Å². The Kier molecular flexibility index (Phi) is 5.20. The van der Waals surface area contributed by atoms with Crippen LogP contribution in [0.2, 0.25) is 0 Å². The number of nitrogens with zero attached hydrogens (tertiary/aromatic N) is 1. The maximum Gasteiger partial charge on any atom is 0.223 e. The van der Waals surface area contributed by atoms with E-state index in [0.29, 0.717) is 6.42 Å². The normalized spacial score (nSPS) is 19.9. The van der Waals surface area contributed by atoms with Crippen LogP contribution < -0.4 is 5.73 Å². The Labute approximate surface area is 132 Å². The minimum absolute atomic E-state index is 0.238. The molecule has 1 aliphatic rings. The maximum absolute atomic E-state index is 12.5. The summed E-state index contributed by atoms with van der Waals surface area (Å²) >= 11 is 1.97. The van der Waals surface area contributed by atoms with Gasteiger partial charge in [0.15, 0.2) is 0 Å². The zero-order valence-electron chi connectivity index (χ0n) is 13.3. The summed E-state index contributed by atoms with van der Waals surface area (Å²) in [6.07, 6.45) is 1.65. The number of thioether (sulfide) groups is 1. The average Bonchev–Trinajstić information content (AvgIpc) is 2.60. The van der Waals surface area contributed by atoms with Crippen molar-refractivity contribution >= 4 is 23.4 Å². The molecule has 1 heterocycles. The Morgan fingerprint density at radius 2 is 2.00 bits per heavy atom. The first-order valence-corrected chi connectivity index (χ1v) is 8.63. The van der Waals surface area contributed by atoms with Crippen molar-refractivity contribution in [3.63, 3.8) is 0 Å². The number of amides is 1. The molecule has 1 saturated heterocycles. The third-order valence-corrected chi connectivity index (χ3v) is 5.55. The van der Waals surface area contributed by atoms with Gasteiger partial charge in [-0.2, -0.15) is 11.8 Å². The Balaban J connectivity index is 1.93. The molecule has 1 atom stereocenters. The van der Waals surface area contributed by atoms with Crippen molar-refractivity contribution in [2.24, 2.45) is 0 Å². The first-order chi connectivity index (χ1) is 9.87. The molecular formula is C17H26N2OS. The molecule has 21 heavy (non-hydrogen) atoms. The molecule has 1 amide bonds. The van der Waals surface area contributed by atoms with E-state index in [2.05, 4.69) is 20.8 Å². The number of carbonyl (C=O) groups is 1. The Hall–Kier alpha value is -1.16. The fraction of sp³-hybridized carbons (Fsp3) is 0.588. The molecular weight excluding hydrogens is 280 g/mol. The van der Waals surface area contributed by atoms with Crippen LogP contribution in [0.1, 0.15) is 45.1 Å². The molecule has 1 fully saturated rings. The van der Waals surface area contributed by atoms with Gasteiger partial charge in [-0.15, -0.1) is 0 Å². The number of nitrogens with two attached hydrogens (primary N) is 1. The SMILES string of the molecule is CC(CC(=O)N1CCSC(C)(C)CC1)c1ccc(N)cc1. The van der Waals surface area contributed by atoms with E-state index in [1.165, 1.54) is 5.56 Å². The van der Waals surface area contributed by atoms with Gasteiger partial charge in [0.05, 0.1) is 0 Å². The van der Waals surface area contributed by atoms with Crippen LogP contribution in [0, 0.1) is 0 Å². The summed E-state index contributed by atoms with van der Waals surface area (Å²) in [6, 6.07) is 7.85. The molecule has 116 valence electrons. The molecule has 1 aromatic carbocycles. The molecule has 0 spiro atoms. The van der Waals surface area contributed by atoms with Crippen LogP contribution in [-0.4, -0.2) is 34.4 Å². The minimum Gasteiger partial charge on any atom is -0.399 e. The summed E-state index contributed by atoms with van der Waals surface area (Å²) in [5.74, 6) is 1.55. The lowest BCUT2D eigenvalue weighted by Gasteiger charge is -2.24. The highest BCUT2D eigenvalue weighted by Crippen LogP contribution is 2.31. The number of hydrogen-bond donors (Lipinski definition) is 1. The number of hydrogen-bond acceptors (Lipinski definition) is 3. The van der Waals surface area contributed by atoms with Gasteiger partial charge in [-0.05, 0) is 30.0 Å². The average molecular weight is 306 g/mol. The van der Waals surface area contributed by atoms with Crippen molar-refractivity contribution < 1.29 is 4.79 Å². The van der Waals surface area contributed by atoms with Crippen LogP contribution in [0.3, 0.4) is 0 Å². The molecule has 2 N–H and O–H groups in total. The maximum atomic E-state index is 12.5. The predicted molar refractivity (Wildman–Crippen MR) is 91.6 cm³/mol. The molecule has 3 nitrogen and oxygen atoms in total. The van der Waals surface area contributed by atoms with Gasteiger partial charge >= 0.3 is 0 Å². The van der Waals surface area contributed by atoms with Gasteiger partial charge in [0, 0.05) is 35.7 Å². The van der Waals surface area contributed by atoms with E-state index in [0.717, 1.165) is 31.0 Å². The molecule has 0 radical (unpaired) electrons. The first kappa shape index (κ1) is 16.2. The second-order valence-corrected chi connectivity index (χ2v) is 8.31. The number of rotatable bonds is 3. The highest BCUT2D eigenvalue weighted by molar-refractivity contribution is 8.00. The topological polar surface area (TPSA) is 46.3 Å². The molecule has 0 saturated carbocycles. The summed E-state index contributed by atoms with van der Waals surface area (Å²) in [7, 11) is 0. The minimum atomic E-state index is 0.238.